The summed E-state index contributed by atoms with van der Waals surface area (Å²) in [6, 6.07) is 7.82. The van der Waals surface area contributed by atoms with Gasteiger partial charge in [0, 0.05) is 45.2 Å². The molecular weight excluding hydrogens is 342 g/mol. The van der Waals surface area contributed by atoms with Crippen LogP contribution < -0.4 is 16.4 Å². The number of anilines is 1. The van der Waals surface area contributed by atoms with Gasteiger partial charge >= 0.3 is 0 Å². The standard InChI is InChI=1S/C20H31N5O2/c1-3-5-19(27)24-17-9-7-15(8-10-17)13-23-20(22-2)25-11-4-6-16(14-25)12-18(21)26/h7-10,16H,3-6,11-14H2,1-2H3,(H2,21,26)(H,22,23)(H,24,27). The van der Waals surface area contributed by atoms with Crippen LogP contribution in [0, 0.1) is 5.92 Å². The van der Waals surface area contributed by atoms with E-state index < -0.39 is 0 Å². The van der Waals surface area contributed by atoms with Gasteiger partial charge in [-0.2, -0.15) is 0 Å². The van der Waals surface area contributed by atoms with Crippen LogP contribution in [0.2, 0.25) is 0 Å². The van der Waals surface area contributed by atoms with Gasteiger partial charge in [-0.25, -0.2) is 0 Å². The van der Waals surface area contributed by atoms with Crippen LogP contribution in [0.15, 0.2) is 29.3 Å². The van der Waals surface area contributed by atoms with E-state index >= 15 is 0 Å². The molecule has 1 saturated heterocycles. The van der Waals surface area contributed by atoms with Crippen molar-refractivity contribution in [2.45, 2.75) is 45.6 Å². The smallest absolute Gasteiger partial charge is 0.224 e. The van der Waals surface area contributed by atoms with E-state index in [9.17, 15) is 9.59 Å². The lowest BCUT2D eigenvalue weighted by molar-refractivity contribution is -0.119. The van der Waals surface area contributed by atoms with Crippen LogP contribution >= 0.6 is 0 Å². The zero-order chi connectivity index (χ0) is 19.6. The Labute approximate surface area is 161 Å². The van der Waals surface area contributed by atoms with Crippen LogP contribution in [-0.4, -0.2) is 42.8 Å². The normalized spacial score (nSPS) is 17.5. The molecule has 1 atom stereocenters. The van der Waals surface area contributed by atoms with Crippen molar-refractivity contribution in [2.75, 3.05) is 25.5 Å². The summed E-state index contributed by atoms with van der Waals surface area (Å²) >= 11 is 0. The number of likely N-dealkylation sites (tertiary alicyclic amines) is 1. The van der Waals surface area contributed by atoms with Crippen molar-refractivity contribution >= 4 is 23.5 Å². The Bertz CT molecular complexity index is 657. The molecule has 0 saturated carbocycles. The minimum absolute atomic E-state index is 0.0411. The number of nitrogens with zero attached hydrogens (tertiary/aromatic N) is 2. The van der Waals surface area contributed by atoms with Gasteiger partial charge in [-0.15, -0.1) is 0 Å². The van der Waals surface area contributed by atoms with E-state index in [1.807, 2.05) is 31.2 Å². The van der Waals surface area contributed by atoms with E-state index in [0.717, 1.165) is 49.6 Å². The average Bonchev–Trinajstić information content (AvgIpc) is 2.63. The largest absolute Gasteiger partial charge is 0.370 e. The maximum absolute atomic E-state index is 11.6. The first kappa shape index (κ1) is 20.7. The average molecular weight is 374 g/mol. The molecule has 1 fully saturated rings. The minimum Gasteiger partial charge on any atom is -0.370 e. The van der Waals surface area contributed by atoms with Gasteiger partial charge in [-0.3, -0.25) is 14.6 Å². The van der Waals surface area contributed by atoms with Crippen molar-refractivity contribution < 1.29 is 9.59 Å². The molecule has 4 N–H and O–H groups in total. The molecule has 0 spiro atoms. The third-order valence-corrected chi connectivity index (χ3v) is 4.69. The molecule has 2 rings (SSSR count). The van der Waals surface area contributed by atoms with Crippen molar-refractivity contribution in [3.63, 3.8) is 0 Å². The predicted molar refractivity (Wildman–Crippen MR) is 108 cm³/mol. The second-order valence-electron chi connectivity index (χ2n) is 7.02. The van der Waals surface area contributed by atoms with Crippen molar-refractivity contribution in [3.05, 3.63) is 29.8 Å². The van der Waals surface area contributed by atoms with Crippen molar-refractivity contribution in [1.82, 2.24) is 10.2 Å². The van der Waals surface area contributed by atoms with E-state index in [2.05, 4.69) is 20.5 Å². The summed E-state index contributed by atoms with van der Waals surface area (Å²) < 4.78 is 0. The van der Waals surface area contributed by atoms with Crippen LogP contribution in [0.5, 0.6) is 0 Å². The van der Waals surface area contributed by atoms with Gasteiger partial charge in [0.25, 0.3) is 0 Å². The fourth-order valence-corrected chi connectivity index (χ4v) is 3.38. The Kier molecular flexibility index (Phi) is 8.10. The van der Waals surface area contributed by atoms with E-state index in [1.165, 1.54) is 0 Å². The zero-order valence-electron chi connectivity index (χ0n) is 16.3. The molecule has 1 aliphatic heterocycles. The molecule has 7 nitrogen and oxygen atoms in total. The molecule has 0 aromatic heterocycles. The molecule has 1 heterocycles. The van der Waals surface area contributed by atoms with Crippen LogP contribution in [0.3, 0.4) is 0 Å². The Morgan fingerprint density at radius 3 is 2.67 bits per heavy atom. The number of carbonyl (C=O) groups excluding carboxylic acids is 2. The Balaban J connectivity index is 1.86. The van der Waals surface area contributed by atoms with Crippen molar-refractivity contribution in [1.29, 1.82) is 0 Å². The molecule has 0 radical (unpaired) electrons. The number of benzene rings is 1. The first-order valence-electron chi connectivity index (χ1n) is 9.64. The molecule has 27 heavy (non-hydrogen) atoms. The number of rotatable bonds is 7. The summed E-state index contributed by atoms with van der Waals surface area (Å²) in [5.41, 5.74) is 7.26. The Morgan fingerprint density at radius 1 is 1.30 bits per heavy atom. The van der Waals surface area contributed by atoms with Crippen molar-refractivity contribution in [2.24, 2.45) is 16.6 Å². The lowest BCUT2D eigenvalue weighted by atomic mass is 9.95. The highest BCUT2D eigenvalue weighted by Crippen LogP contribution is 2.19. The highest BCUT2D eigenvalue weighted by Gasteiger charge is 2.23. The SMILES string of the molecule is CCCC(=O)Nc1ccc(CNC(=NC)N2CCCC(CC(N)=O)C2)cc1. The number of primary amides is 1. The summed E-state index contributed by atoms with van der Waals surface area (Å²) in [7, 11) is 1.77. The monoisotopic (exact) mass is 373 g/mol. The van der Waals surface area contributed by atoms with Crippen LogP contribution in [-0.2, 0) is 16.1 Å². The number of hydrogen-bond donors (Lipinski definition) is 3. The molecule has 1 aliphatic rings. The third-order valence-electron chi connectivity index (χ3n) is 4.69. The van der Waals surface area contributed by atoms with Crippen molar-refractivity contribution in [3.8, 4) is 0 Å². The number of hydrogen-bond acceptors (Lipinski definition) is 3. The number of piperidine rings is 1. The number of guanidine groups is 1. The molecule has 1 aromatic rings. The highest BCUT2D eigenvalue weighted by molar-refractivity contribution is 5.90. The van der Waals surface area contributed by atoms with Gasteiger partial charge in [0.15, 0.2) is 5.96 Å². The van der Waals surface area contributed by atoms with Gasteiger partial charge < -0.3 is 21.3 Å². The van der Waals surface area contributed by atoms with Gasteiger partial charge in [-0.05, 0) is 42.9 Å². The summed E-state index contributed by atoms with van der Waals surface area (Å²) in [6.07, 6.45) is 3.86. The molecule has 0 aliphatic carbocycles. The van der Waals surface area contributed by atoms with E-state index in [0.29, 0.717) is 25.3 Å². The van der Waals surface area contributed by atoms with Crippen LogP contribution in [0.1, 0.15) is 44.6 Å². The molecule has 1 unspecified atom stereocenters. The van der Waals surface area contributed by atoms with E-state index in [1.54, 1.807) is 7.05 Å². The summed E-state index contributed by atoms with van der Waals surface area (Å²) in [6.45, 7) is 4.36. The topological polar surface area (TPSA) is 99.8 Å². The lowest BCUT2D eigenvalue weighted by Gasteiger charge is -2.34. The summed E-state index contributed by atoms with van der Waals surface area (Å²) in [5.74, 6) is 0.931. The first-order valence-corrected chi connectivity index (χ1v) is 9.64. The van der Waals surface area contributed by atoms with E-state index in [-0.39, 0.29) is 11.8 Å². The maximum atomic E-state index is 11.6. The predicted octanol–water partition coefficient (Wildman–Crippen LogP) is 2.09. The molecular formula is C20H31N5O2. The molecule has 7 heteroatoms. The number of nitrogens with two attached hydrogens (primary N) is 1. The minimum atomic E-state index is -0.240. The summed E-state index contributed by atoms with van der Waals surface area (Å²) in [5, 5.41) is 6.27. The van der Waals surface area contributed by atoms with Gasteiger partial charge in [0.05, 0.1) is 0 Å². The fraction of sp³-hybridized carbons (Fsp3) is 0.550. The molecule has 2 amide bonds. The number of aliphatic imine (C=N–C) groups is 1. The van der Waals surface area contributed by atoms with Gasteiger partial charge in [-0.1, -0.05) is 19.1 Å². The zero-order valence-corrected chi connectivity index (χ0v) is 16.3. The highest BCUT2D eigenvalue weighted by atomic mass is 16.1. The quantitative estimate of drug-likeness (QED) is 0.503. The van der Waals surface area contributed by atoms with Gasteiger partial charge in [0.2, 0.25) is 11.8 Å². The fourth-order valence-electron chi connectivity index (χ4n) is 3.38. The van der Waals surface area contributed by atoms with Gasteiger partial charge in [0.1, 0.15) is 0 Å². The Morgan fingerprint density at radius 2 is 2.04 bits per heavy atom. The van der Waals surface area contributed by atoms with Crippen LogP contribution in [0.4, 0.5) is 5.69 Å². The number of nitrogens with one attached hydrogen (secondary N) is 2. The molecule has 1 aromatic carbocycles. The number of amides is 2. The van der Waals surface area contributed by atoms with Crippen LogP contribution in [0.25, 0.3) is 0 Å². The number of carbonyl (C=O) groups is 2. The third kappa shape index (κ3) is 6.92. The molecule has 0 bridgehead atoms. The second-order valence-corrected chi connectivity index (χ2v) is 7.02. The van der Waals surface area contributed by atoms with E-state index in [4.69, 9.17) is 5.73 Å². The summed E-state index contributed by atoms with van der Waals surface area (Å²) in [4.78, 5) is 29.4. The first-order chi connectivity index (χ1) is 13.0. The lowest BCUT2D eigenvalue weighted by Crippen LogP contribution is -2.46. The molecule has 148 valence electrons. The Hall–Kier alpha value is -2.57. The second kappa shape index (κ2) is 10.5. The maximum Gasteiger partial charge on any atom is 0.224 e.